The second-order valence-electron chi connectivity index (χ2n) is 4.38. The van der Waals surface area contributed by atoms with Crippen molar-refractivity contribution in [2.24, 2.45) is 0 Å². The number of hydrogen-bond acceptors (Lipinski definition) is 2. The van der Waals surface area contributed by atoms with Gasteiger partial charge in [0.05, 0.1) is 6.54 Å². The zero-order valence-electron chi connectivity index (χ0n) is 10.1. The van der Waals surface area contributed by atoms with Crippen LogP contribution in [0, 0.1) is 0 Å². The van der Waals surface area contributed by atoms with Crippen LogP contribution in [0.3, 0.4) is 0 Å². The van der Waals surface area contributed by atoms with Gasteiger partial charge in [-0.1, -0.05) is 20.3 Å². The van der Waals surface area contributed by atoms with Gasteiger partial charge >= 0.3 is 0 Å². The number of carbonyl (C=O) groups is 1. The molecule has 1 fully saturated rings. The summed E-state index contributed by atoms with van der Waals surface area (Å²) in [4.78, 5) is 13.9. The van der Waals surface area contributed by atoms with Crippen molar-refractivity contribution in [1.82, 2.24) is 10.2 Å². The van der Waals surface area contributed by atoms with E-state index >= 15 is 0 Å². The molecule has 1 rings (SSSR count). The van der Waals surface area contributed by atoms with Crippen molar-refractivity contribution >= 4 is 5.91 Å². The molecule has 0 aromatic heterocycles. The van der Waals surface area contributed by atoms with Crippen molar-refractivity contribution in [3.8, 4) is 0 Å². The summed E-state index contributed by atoms with van der Waals surface area (Å²) in [6.45, 7) is 6.79. The minimum atomic E-state index is 0.192. The molecule has 0 aromatic carbocycles. The predicted octanol–water partition coefficient (Wildman–Crippen LogP) is 1.78. The largest absolute Gasteiger partial charge is 0.355 e. The fraction of sp³-hybridized carbons (Fsp3) is 0.917. The Kier molecular flexibility index (Phi) is 5.69. The third-order valence-corrected chi connectivity index (χ3v) is 3.14. The monoisotopic (exact) mass is 212 g/mol. The topological polar surface area (TPSA) is 32.3 Å². The number of rotatable bonds is 5. The van der Waals surface area contributed by atoms with E-state index in [0.29, 0.717) is 12.6 Å². The highest BCUT2D eigenvalue weighted by molar-refractivity contribution is 5.78. The molecular weight excluding hydrogens is 188 g/mol. The zero-order valence-corrected chi connectivity index (χ0v) is 10.1. The number of carbonyl (C=O) groups excluding carboxylic acids is 1. The van der Waals surface area contributed by atoms with Crippen LogP contribution in [-0.2, 0) is 4.79 Å². The lowest BCUT2D eigenvalue weighted by atomic mass is 10.0. The summed E-state index contributed by atoms with van der Waals surface area (Å²) in [6, 6.07) is 0.631. The molecule has 0 spiro atoms. The highest BCUT2D eigenvalue weighted by Gasteiger charge is 2.22. The van der Waals surface area contributed by atoms with Crippen LogP contribution >= 0.6 is 0 Å². The smallest absolute Gasteiger partial charge is 0.234 e. The molecule has 1 saturated heterocycles. The maximum absolute atomic E-state index is 11.6. The van der Waals surface area contributed by atoms with Crippen LogP contribution in [0.1, 0.15) is 46.0 Å². The minimum absolute atomic E-state index is 0.192. The Morgan fingerprint density at radius 3 is 2.87 bits per heavy atom. The Bertz CT molecular complexity index is 194. The summed E-state index contributed by atoms with van der Waals surface area (Å²) in [5, 5.41) is 2.94. The SMILES string of the molecule is CCCNC(=O)CN1CCCCC1CC. The van der Waals surface area contributed by atoms with Crippen molar-refractivity contribution in [3.63, 3.8) is 0 Å². The summed E-state index contributed by atoms with van der Waals surface area (Å²) in [6.07, 6.45) is 6.02. The number of hydrogen-bond donors (Lipinski definition) is 1. The van der Waals surface area contributed by atoms with Gasteiger partial charge < -0.3 is 5.32 Å². The van der Waals surface area contributed by atoms with E-state index in [9.17, 15) is 4.79 Å². The third-order valence-electron chi connectivity index (χ3n) is 3.14. The standard InChI is InChI=1S/C12H24N2O/c1-3-8-13-12(15)10-14-9-6-5-7-11(14)4-2/h11H,3-10H2,1-2H3,(H,13,15). The molecule has 0 aliphatic carbocycles. The van der Waals surface area contributed by atoms with Crippen molar-refractivity contribution in [2.75, 3.05) is 19.6 Å². The van der Waals surface area contributed by atoms with Gasteiger partial charge in [-0.2, -0.15) is 0 Å². The van der Waals surface area contributed by atoms with Crippen LogP contribution in [0.15, 0.2) is 0 Å². The molecule has 1 aliphatic heterocycles. The summed E-state index contributed by atoms with van der Waals surface area (Å²) in [5.41, 5.74) is 0. The molecule has 1 heterocycles. The lowest BCUT2D eigenvalue weighted by Crippen LogP contribution is -2.45. The van der Waals surface area contributed by atoms with Crippen molar-refractivity contribution in [1.29, 1.82) is 0 Å². The van der Waals surface area contributed by atoms with E-state index < -0.39 is 0 Å². The number of likely N-dealkylation sites (tertiary alicyclic amines) is 1. The van der Waals surface area contributed by atoms with Crippen LogP contribution in [0.5, 0.6) is 0 Å². The maximum atomic E-state index is 11.6. The van der Waals surface area contributed by atoms with Gasteiger partial charge in [-0.15, -0.1) is 0 Å². The molecule has 3 nitrogen and oxygen atoms in total. The van der Waals surface area contributed by atoms with E-state index in [-0.39, 0.29) is 5.91 Å². The number of amides is 1. The van der Waals surface area contributed by atoms with E-state index in [1.54, 1.807) is 0 Å². The normalized spacial score (nSPS) is 22.7. The van der Waals surface area contributed by atoms with Gasteiger partial charge in [-0.3, -0.25) is 9.69 Å². The molecule has 1 unspecified atom stereocenters. The molecule has 3 heteroatoms. The lowest BCUT2D eigenvalue weighted by Gasteiger charge is -2.34. The summed E-state index contributed by atoms with van der Waals surface area (Å²) >= 11 is 0. The van der Waals surface area contributed by atoms with Crippen molar-refractivity contribution in [3.05, 3.63) is 0 Å². The molecule has 0 aromatic rings. The van der Waals surface area contributed by atoms with Crippen LogP contribution in [0.2, 0.25) is 0 Å². The van der Waals surface area contributed by atoms with Crippen LogP contribution in [0.25, 0.3) is 0 Å². The Morgan fingerprint density at radius 2 is 2.20 bits per heavy atom. The molecule has 0 radical (unpaired) electrons. The fourth-order valence-corrected chi connectivity index (χ4v) is 2.24. The second kappa shape index (κ2) is 6.83. The molecule has 0 bridgehead atoms. The van der Waals surface area contributed by atoms with Gasteiger partial charge in [-0.25, -0.2) is 0 Å². The van der Waals surface area contributed by atoms with Crippen molar-refractivity contribution in [2.45, 2.75) is 52.0 Å². The van der Waals surface area contributed by atoms with E-state index in [1.807, 2.05) is 0 Å². The van der Waals surface area contributed by atoms with Gasteiger partial charge in [0.15, 0.2) is 0 Å². The fourth-order valence-electron chi connectivity index (χ4n) is 2.24. The van der Waals surface area contributed by atoms with Crippen LogP contribution in [-0.4, -0.2) is 36.5 Å². The molecule has 1 amide bonds. The summed E-state index contributed by atoms with van der Waals surface area (Å²) < 4.78 is 0. The third kappa shape index (κ3) is 4.20. The molecule has 0 saturated carbocycles. The molecule has 1 aliphatic rings. The Hall–Kier alpha value is -0.570. The number of nitrogens with zero attached hydrogens (tertiary/aromatic N) is 1. The summed E-state index contributed by atoms with van der Waals surface area (Å²) in [5.74, 6) is 0.192. The average Bonchev–Trinajstić information content (AvgIpc) is 2.27. The van der Waals surface area contributed by atoms with E-state index in [4.69, 9.17) is 0 Å². The Balaban J connectivity index is 2.30. The summed E-state index contributed by atoms with van der Waals surface area (Å²) in [7, 11) is 0. The van der Waals surface area contributed by atoms with E-state index in [2.05, 4.69) is 24.1 Å². The van der Waals surface area contributed by atoms with Gasteiger partial charge in [0.2, 0.25) is 5.91 Å². The highest BCUT2D eigenvalue weighted by Crippen LogP contribution is 2.18. The first-order chi connectivity index (χ1) is 7.27. The Morgan fingerprint density at radius 1 is 1.40 bits per heavy atom. The van der Waals surface area contributed by atoms with Crippen LogP contribution in [0.4, 0.5) is 0 Å². The molecule has 1 atom stereocenters. The highest BCUT2D eigenvalue weighted by atomic mass is 16.2. The van der Waals surface area contributed by atoms with Gasteiger partial charge in [0.1, 0.15) is 0 Å². The number of piperidine rings is 1. The maximum Gasteiger partial charge on any atom is 0.234 e. The van der Waals surface area contributed by atoms with E-state index in [0.717, 1.165) is 19.5 Å². The minimum Gasteiger partial charge on any atom is -0.355 e. The van der Waals surface area contributed by atoms with Gasteiger partial charge in [0, 0.05) is 12.6 Å². The first kappa shape index (κ1) is 12.5. The second-order valence-corrected chi connectivity index (χ2v) is 4.38. The molecule has 1 N–H and O–H groups in total. The van der Waals surface area contributed by atoms with Crippen molar-refractivity contribution < 1.29 is 4.79 Å². The Labute approximate surface area is 93.2 Å². The average molecular weight is 212 g/mol. The zero-order chi connectivity index (χ0) is 11.1. The first-order valence-corrected chi connectivity index (χ1v) is 6.28. The first-order valence-electron chi connectivity index (χ1n) is 6.28. The predicted molar refractivity (Wildman–Crippen MR) is 62.8 cm³/mol. The molecular formula is C12H24N2O. The number of nitrogens with one attached hydrogen (secondary N) is 1. The molecule has 15 heavy (non-hydrogen) atoms. The quantitative estimate of drug-likeness (QED) is 0.753. The van der Waals surface area contributed by atoms with Crippen LogP contribution < -0.4 is 5.32 Å². The van der Waals surface area contributed by atoms with Gasteiger partial charge in [-0.05, 0) is 32.2 Å². The van der Waals surface area contributed by atoms with E-state index in [1.165, 1.54) is 25.7 Å². The lowest BCUT2D eigenvalue weighted by molar-refractivity contribution is -0.123. The molecule has 88 valence electrons. The van der Waals surface area contributed by atoms with Gasteiger partial charge in [0.25, 0.3) is 0 Å².